The van der Waals surface area contributed by atoms with Gasteiger partial charge in [0.15, 0.2) is 12.6 Å². The number of unbranched alkanes of at least 4 members (excludes halogenated alkanes) is 23. The summed E-state index contributed by atoms with van der Waals surface area (Å²) in [6, 6.07) is 0. The van der Waals surface area contributed by atoms with E-state index in [0.717, 1.165) is 70.6 Å². The Morgan fingerprint density at radius 2 is 0.912 bits per heavy atom. The van der Waals surface area contributed by atoms with Gasteiger partial charge in [-0.2, -0.15) is 0 Å². The Labute approximate surface area is 410 Å². The first-order chi connectivity index (χ1) is 33.1. The molecular formula is C54H98O14. The van der Waals surface area contributed by atoms with Crippen molar-refractivity contribution >= 4 is 5.97 Å². The summed E-state index contributed by atoms with van der Waals surface area (Å²) in [5, 5.41) is 72.2. The number of carbonyl (C=O) groups is 1. The van der Waals surface area contributed by atoms with Crippen LogP contribution < -0.4 is 0 Å². The van der Waals surface area contributed by atoms with Gasteiger partial charge in [-0.15, -0.1) is 0 Å². The van der Waals surface area contributed by atoms with Crippen LogP contribution >= 0.6 is 0 Å². The van der Waals surface area contributed by atoms with E-state index in [1.165, 1.54) is 103 Å². The molecule has 0 amide bonds. The molecule has 2 aliphatic heterocycles. The van der Waals surface area contributed by atoms with Crippen molar-refractivity contribution in [1.29, 1.82) is 0 Å². The first kappa shape index (κ1) is 62.3. The van der Waals surface area contributed by atoms with E-state index in [1.807, 2.05) is 0 Å². The van der Waals surface area contributed by atoms with Crippen molar-refractivity contribution in [2.45, 2.75) is 268 Å². The molecule has 7 N–H and O–H groups in total. The van der Waals surface area contributed by atoms with Crippen LogP contribution in [0.3, 0.4) is 0 Å². The number of carbonyl (C=O) groups excluding carboxylic acids is 1. The smallest absolute Gasteiger partial charge is 0.306 e. The fraction of sp³-hybridized carbons (Fsp3) is 0.870. The zero-order valence-electron chi connectivity index (χ0n) is 42.3. The van der Waals surface area contributed by atoms with Crippen LogP contribution in [-0.4, -0.2) is 142 Å². The third kappa shape index (κ3) is 28.9. The van der Waals surface area contributed by atoms with Crippen LogP contribution in [0, 0.1) is 0 Å². The Kier molecular flexibility index (Phi) is 38.3. The molecule has 2 fully saturated rings. The molecule has 14 nitrogen and oxygen atoms in total. The number of hydrogen-bond donors (Lipinski definition) is 7. The number of allylic oxidation sites excluding steroid dienone is 6. The highest BCUT2D eigenvalue weighted by molar-refractivity contribution is 5.69. The second kappa shape index (κ2) is 41.8. The lowest BCUT2D eigenvalue weighted by Gasteiger charge is -2.42. The molecule has 0 spiro atoms. The quantitative estimate of drug-likeness (QED) is 0.0173. The molecule has 0 aromatic rings. The van der Waals surface area contributed by atoms with E-state index < -0.39 is 80.7 Å². The van der Waals surface area contributed by atoms with Crippen molar-refractivity contribution in [3.05, 3.63) is 36.5 Å². The molecular weight excluding hydrogens is 873 g/mol. The highest BCUT2D eigenvalue weighted by Gasteiger charge is 2.47. The summed E-state index contributed by atoms with van der Waals surface area (Å²) < 4.78 is 34.3. The van der Waals surface area contributed by atoms with Crippen LogP contribution in [0.5, 0.6) is 0 Å². The Hall–Kier alpha value is -1.79. The minimum absolute atomic E-state index is 0.0588. The van der Waals surface area contributed by atoms with Gasteiger partial charge in [0.1, 0.15) is 54.9 Å². The zero-order valence-corrected chi connectivity index (χ0v) is 42.3. The molecule has 0 aromatic heterocycles. The van der Waals surface area contributed by atoms with Gasteiger partial charge in [0.05, 0.1) is 26.4 Å². The van der Waals surface area contributed by atoms with Crippen LogP contribution in [0.15, 0.2) is 36.5 Å². The molecule has 0 aliphatic carbocycles. The number of aliphatic hydroxyl groups is 7. The minimum atomic E-state index is -1.71. The van der Waals surface area contributed by atoms with E-state index >= 15 is 0 Å². The predicted molar refractivity (Wildman–Crippen MR) is 266 cm³/mol. The topological polar surface area (TPSA) is 214 Å². The molecule has 68 heavy (non-hydrogen) atoms. The number of esters is 1. The average Bonchev–Trinajstić information content (AvgIpc) is 3.33. The number of ether oxygens (including phenoxy) is 6. The molecule has 0 saturated carbocycles. The lowest BCUT2D eigenvalue weighted by atomic mass is 9.98. The molecule has 2 heterocycles. The Morgan fingerprint density at radius 1 is 0.485 bits per heavy atom. The summed E-state index contributed by atoms with van der Waals surface area (Å²) in [7, 11) is 0. The summed E-state index contributed by atoms with van der Waals surface area (Å²) in [4.78, 5) is 13.0. The maximum atomic E-state index is 13.0. The monoisotopic (exact) mass is 971 g/mol. The predicted octanol–water partition coefficient (Wildman–Crippen LogP) is 8.58. The second-order valence-corrected chi connectivity index (χ2v) is 19.1. The maximum Gasteiger partial charge on any atom is 0.306 e. The largest absolute Gasteiger partial charge is 0.457 e. The summed E-state index contributed by atoms with van der Waals surface area (Å²) in [5.74, 6) is -0.386. The minimum Gasteiger partial charge on any atom is -0.457 e. The van der Waals surface area contributed by atoms with Crippen LogP contribution in [-0.2, 0) is 33.2 Å². The maximum absolute atomic E-state index is 13.0. The highest BCUT2D eigenvalue weighted by Crippen LogP contribution is 2.26. The molecule has 11 atom stereocenters. The third-order valence-electron chi connectivity index (χ3n) is 12.9. The molecule has 0 radical (unpaired) electrons. The summed E-state index contributed by atoms with van der Waals surface area (Å²) >= 11 is 0. The SMILES string of the molecule is CCCCC/C=C\C/C=C\C/C=C\CCCCCCCCC(=O)OC(COCCCCCCCCCCCCCCCCC)COC1OC(COC2OC(CO)C(O)C(O)C2O)C(O)C(O)C1O. The van der Waals surface area contributed by atoms with Crippen molar-refractivity contribution in [3.8, 4) is 0 Å². The Morgan fingerprint density at radius 3 is 1.46 bits per heavy atom. The van der Waals surface area contributed by atoms with Gasteiger partial charge >= 0.3 is 5.97 Å². The van der Waals surface area contributed by atoms with Gasteiger partial charge < -0.3 is 64.2 Å². The molecule has 0 aromatic carbocycles. The molecule has 2 saturated heterocycles. The fourth-order valence-corrected chi connectivity index (χ4v) is 8.47. The molecule has 398 valence electrons. The van der Waals surface area contributed by atoms with E-state index in [9.17, 15) is 40.5 Å². The van der Waals surface area contributed by atoms with Crippen molar-refractivity contribution in [3.63, 3.8) is 0 Å². The van der Waals surface area contributed by atoms with E-state index in [-0.39, 0.29) is 25.6 Å². The molecule has 0 bridgehead atoms. The van der Waals surface area contributed by atoms with Crippen LogP contribution in [0.2, 0.25) is 0 Å². The lowest BCUT2D eigenvalue weighted by molar-refractivity contribution is -0.332. The van der Waals surface area contributed by atoms with Gasteiger partial charge in [-0.1, -0.05) is 179 Å². The highest BCUT2D eigenvalue weighted by atomic mass is 16.7. The van der Waals surface area contributed by atoms with Gasteiger partial charge in [0, 0.05) is 13.0 Å². The van der Waals surface area contributed by atoms with Crippen molar-refractivity contribution in [2.75, 3.05) is 33.0 Å². The lowest BCUT2D eigenvalue weighted by Crippen LogP contribution is -2.61. The zero-order chi connectivity index (χ0) is 49.5. The van der Waals surface area contributed by atoms with Gasteiger partial charge in [0.2, 0.25) is 0 Å². The van der Waals surface area contributed by atoms with E-state index in [0.29, 0.717) is 13.0 Å². The van der Waals surface area contributed by atoms with Crippen LogP contribution in [0.4, 0.5) is 0 Å². The molecule has 14 heteroatoms. The first-order valence-corrected chi connectivity index (χ1v) is 27.1. The van der Waals surface area contributed by atoms with Gasteiger partial charge in [-0.05, 0) is 51.4 Å². The van der Waals surface area contributed by atoms with E-state index in [2.05, 4.69) is 50.3 Å². The van der Waals surface area contributed by atoms with E-state index in [4.69, 9.17) is 28.4 Å². The summed E-state index contributed by atoms with van der Waals surface area (Å²) in [6.07, 6.45) is 30.5. The Bertz CT molecular complexity index is 1260. The van der Waals surface area contributed by atoms with Gasteiger partial charge in [-0.25, -0.2) is 0 Å². The Balaban J connectivity index is 1.75. The molecule has 2 aliphatic rings. The van der Waals surface area contributed by atoms with Crippen LogP contribution in [0.25, 0.3) is 0 Å². The summed E-state index contributed by atoms with van der Waals surface area (Å²) in [6.45, 7) is 3.67. The van der Waals surface area contributed by atoms with E-state index in [1.54, 1.807) is 0 Å². The number of rotatable bonds is 43. The number of aliphatic hydroxyl groups excluding tert-OH is 7. The van der Waals surface area contributed by atoms with Crippen molar-refractivity contribution < 1.29 is 69.0 Å². The molecule has 2 rings (SSSR count). The van der Waals surface area contributed by atoms with Gasteiger partial charge in [-0.3, -0.25) is 4.79 Å². The standard InChI is InChI=1S/C54H98O14/c1-3-5-7-9-11-13-15-17-19-20-21-22-23-25-27-29-31-33-35-37-46(56)66-43(40-63-38-36-34-32-30-28-26-24-18-16-14-12-10-8-6-4-2)41-64-53-52(62)50(60)48(58)45(68-53)42-65-54-51(61)49(59)47(57)44(39-55)67-54/h11,13,17,19,21-22,43-45,47-55,57-62H,3-10,12,14-16,18,20,23-42H2,1-2H3/b13-11-,19-17-,22-21-. The van der Waals surface area contributed by atoms with Crippen molar-refractivity contribution in [1.82, 2.24) is 0 Å². The van der Waals surface area contributed by atoms with Crippen molar-refractivity contribution in [2.24, 2.45) is 0 Å². The van der Waals surface area contributed by atoms with Gasteiger partial charge in [0.25, 0.3) is 0 Å². The second-order valence-electron chi connectivity index (χ2n) is 19.1. The average molecular weight is 971 g/mol. The number of hydrogen-bond acceptors (Lipinski definition) is 14. The third-order valence-corrected chi connectivity index (χ3v) is 12.9. The summed E-state index contributed by atoms with van der Waals surface area (Å²) in [5.41, 5.74) is 0. The first-order valence-electron chi connectivity index (χ1n) is 27.1. The van der Waals surface area contributed by atoms with Crippen LogP contribution in [0.1, 0.15) is 200 Å². The fourth-order valence-electron chi connectivity index (χ4n) is 8.47. The molecule has 11 unspecified atom stereocenters. The normalized spacial score (nSPS) is 26.1.